The van der Waals surface area contributed by atoms with Crippen LogP contribution in [0.5, 0.6) is 0 Å². The van der Waals surface area contributed by atoms with Crippen LogP contribution >= 0.6 is 22.6 Å². The lowest BCUT2D eigenvalue weighted by molar-refractivity contribution is -0.545. The molecule has 2 N–H and O–H groups in total. The summed E-state index contributed by atoms with van der Waals surface area (Å²) in [6.45, 7) is 0. The van der Waals surface area contributed by atoms with Gasteiger partial charge in [0.1, 0.15) is 5.69 Å². The van der Waals surface area contributed by atoms with Gasteiger partial charge < -0.3 is 24.0 Å². The number of hydrogen-bond donors (Lipinski definition) is 1. The van der Waals surface area contributed by atoms with E-state index in [0.717, 1.165) is 26.3 Å². The van der Waals surface area contributed by atoms with Gasteiger partial charge in [0.15, 0.2) is 0 Å². The minimum absolute atomic E-state index is 0. The van der Waals surface area contributed by atoms with Gasteiger partial charge in [-0.3, -0.25) is 10.1 Å². The first-order valence-corrected chi connectivity index (χ1v) is 9.28. The Morgan fingerprint density at radius 1 is 0.893 bits per heavy atom. The Morgan fingerprint density at radius 2 is 1.50 bits per heavy atom. The van der Waals surface area contributed by atoms with E-state index in [0.29, 0.717) is 0 Å². The number of halogens is 2. The first kappa shape index (κ1) is 20.5. The molecule has 0 spiro atoms. The van der Waals surface area contributed by atoms with Gasteiger partial charge in [0.25, 0.3) is 11.5 Å². The van der Waals surface area contributed by atoms with Gasteiger partial charge in [0.05, 0.1) is 16.2 Å². The summed E-state index contributed by atoms with van der Waals surface area (Å²) in [6, 6.07) is 24.3. The van der Waals surface area contributed by atoms with E-state index in [1.807, 2.05) is 65.1 Å². The van der Waals surface area contributed by atoms with Gasteiger partial charge in [-0.1, -0.05) is 23.3 Å². The summed E-state index contributed by atoms with van der Waals surface area (Å²) in [5, 5.41) is 19.3. The van der Waals surface area contributed by atoms with E-state index in [9.17, 15) is 10.1 Å². The molecule has 28 heavy (non-hydrogen) atoms. The van der Waals surface area contributed by atoms with Gasteiger partial charge in [-0.15, -0.1) is 10.2 Å². The normalized spacial score (nSPS) is 13.1. The lowest BCUT2D eigenvalue weighted by Gasteiger charge is -2.23. The maximum absolute atomic E-state index is 10.9. The molecular weight excluding hydrogens is 584 g/mol. The molecule has 1 aliphatic rings. The Hall–Kier alpha value is -2.25. The van der Waals surface area contributed by atoms with Crippen LogP contribution in [0.1, 0.15) is 5.56 Å². The number of hydrogen-bond acceptors (Lipinski definition) is 5. The highest BCUT2D eigenvalue weighted by atomic mass is 127. The highest BCUT2D eigenvalue weighted by Gasteiger charge is 2.31. The largest absolute Gasteiger partial charge is 1.00 e. The van der Waals surface area contributed by atoms with Crippen molar-refractivity contribution in [3.63, 3.8) is 0 Å². The van der Waals surface area contributed by atoms with Crippen molar-refractivity contribution in [2.75, 3.05) is 10.2 Å². The van der Waals surface area contributed by atoms with Crippen molar-refractivity contribution in [2.45, 2.75) is 0 Å². The second kappa shape index (κ2) is 8.84. The van der Waals surface area contributed by atoms with Crippen LogP contribution in [0.2, 0.25) is 0 Å². The third-order valence-corrected chi connectivity index (χ3v) is 4.82. The quantitative estimate of drug-likeness (QED) is 0.203. The molecule has 0 aromatic heterocycles. The van der Waals surface area contributed by atoms with Gasteiger partial charge in [0, 0.05) is 15.7 Å². The number of hydrazine groups is 1. The van der Waals surface area contributed by atoms with Crippen LogP contribution in [0.4, 0.5) is 17.1 Å². The van der Waals surface area contributed by atoms with E-state index < -0.39 is 4.92 Å². The van der Waals surface area contributed by atoms with Crippen molar-refractivity contribution >= 4 is 45.5 Å². The molecule has 0 aliphatic carbocycles. The van der Waals surface area contributed by atoms with E-state index in [4.69, 9.17) is 5.10 Å². The molecule has 0 amide bonds. The summed E-state index contributed by atoms with van der Waals surface area (Å²) in [7, 11) is 0. The maximum Gasteiger partial charge on any atom is 0.277 e. The van der Waals surface area contributed by atoms with Crippen LogP contribution in [-0.2, 0) is 0 Å². The fourth-order valence-corrected chi connectivity index (χ4v) is 3.11. The van der Waals surface area contributed by atoms with Crippen LogP contribution in [-0.4, -0.2) is 10.8 Å². The summed E-state index contributed by atoms with van der Waals surface area (Å²) < 4.78 is 1.14. The van der Waals surface area contributed by atoms with E-state index in [1.165, 1.54) is 12.1 Å². The molecule has 0 atom stereocenters. The molecule has 3 aromatic carbocycles. The number of nitro benzene ring substituents is 1. The highest BCUT2D eigenvalue weighted by molar-refractivity contribution is 14.1. The minimum Gasteiger partial charge on any atom is -1.00 e. The Bertz CT molecular complexity index is 995. The second-order valence-corrected chi connectivity index (χ2v) is 7.11. The number of nitrogens with zero attached hydrogens (tertiary/aromatic N) is 4. The number of benzene rings is 3. The summed E-state index contributed by atoms with van der Waals surface area (Å²) in [4.78, 5) is 10.5. The molecule has 3 aromatic rings. The molecule has 0 saturated carbocycles. The Labute approximate surface area is 192 Å². The van der Waals surface area contributed by atoms with Gasteiger partial charge in [0.2, 0.25) is 0 Å². The zero-order chi connectivity index (χ0) is 18.8. The van der Waals surface area contributed by atoms with Crippen LogP contribution in [0, 0.1) is 13.7 Å². The number of anilines is 2. The molecule has 0 saturated heterocycles. The third kappa shape index (κ3) is 4.25. The predicted octanol–water partition coefficient (Wildman–Crippen LogP) is 0.285. The van der Waals surface area contributed by atoms with Crippen LogP contribution in [0.3, 0.4) is 0 Å². The van der Waals surface area contributed by atoms with Gasteiger partial charge in [-0.05, 0) is 71.1 Å². The SMILES string of the molecule is O=[N+]([O-])c1ccc(N2N=C(c3ccccc3)[NH2+]N2c2ccc(I)cc2)cc1.[I-]. The zero-order valence-corrected chi connectivity index (χ0v) is 18.8. The minimum atomic E-state index is -0.407. The third-order valence-electron chi connectivity index (χ3n) is 4.10. The Kier molecular flexibility index (Phi) is 6.46. The van der Waals surface area contributed by atoms with Crippen LogP contribution in [0.15, 0.2) is 84.0 Å². The number of amidine groups is 1. The van der Waals surface area contributed by atoms with E-state index in [1.54, 1.807) is 17.3 Å². The zero-order valence-electron chi connectivity index (χ0n) is 14.4. The van der Waals surface area contributed by atoms with Crippen molar-refractivity contribution in [3.8, 4) is 0 Å². The lowest BCUT2D eigenvalue weighted by atomic mass is 10.2. The standard InChI is InChI=1S/C19H14IN5O2.HI/c20-15-6-8-16(9-7-15)23-21-19(14-4-2-1-3-5-14)22-24(23)17-10-12-18(13-11-17)25(26)27;/h1-13H,(H,21,22);1H. The molecule has 1 heterocycles. The number of hydrazone groups is 1. The topological polar surface area (TPSA) is 78.6 Å². The summed E-state index contributed by atoms with van der Waals surface area (Å²) in [5.74, 6) is 0.813. The summed E-state index contributed by atoms with van der Waals surface area (Å²) >= 11 is 2.26. The van der Waals surface area contributed by atoms with Crippen molar-refractivity contribution in [1.29, 1.82) is 0 Å². The maximum atomic E-state index is 10.9. The first-order valence-electron chi connectivity index (χ1n) is 8.20. The van der Waals surface area contributed by atoms with Crippen molar-refractivity contribution < 1.29 is 34.3 Å². The van der Waals surface area contributed by atoms with E-state index >= 15 is 0 Å². The fraction of sp³-hybridized carbons (Fsp3) is 0. The second-order valence-electron chi connectivity index (χ2n) is 5.86. The fourth-order valence-electron chi connectivity index (χ4n) is 2.76. The highest BCUT2D eigenvalue weighted by Crippen LogP contribution is 2.25. The number of quaternary nitrogens is 1. The number of nitro groups is 1. The van der Waals surface area contributed by atoms with Crippen molar-refractivity contribution in [1.82, 2.24) is 0 Å². The Morgan fingerprint density at radius 3 is 2.11 bits per heavy atom. The molecule has 1 aliphatic heterocycles. The number of rotatable bonds is 4. The predicted molar refractivity (Wildman–Crippen MR) is 112 cm³/mol. The smallest absolute Gasteiger partial charge is 0.277 e. The molecule has 4 rings (SSSR count). The molecule has 0 fully saturated rings. The molecule has 7 nitrogen and oxygen atoms in total. The molecule has 0 radical (unpaired) electrons. The van der Waals surface area contributed by atoms with Crippen molar-refractivity contribution in [3.05, 3.63) is 98.1 Å². The van der Waals surface area contributed by atoms with E-state index in [-0.39, 0.29) is 29.7 Å². The number of non-ortho nitro benzene ring substituents is 1. The van der Waals surface area contributed by atoms with Crippen molar-refractivity contribution in [2.24, 2.45) is 5.10 Å². The van der Waals surface area contributed by atoms with Gasteiger partial charge >= 0.3 is 0 Å². The molecule has 142 valence electrons. The summed E-state index contributed by atoms with van der Waals surface area (Å²) in [5.41, 5.74) is 4.69. The lowest BCUT2D eigenvalue weighted by Crippen LogP contribution is -3.00. The van der Waals surface area contributed by atoms with Gasteiger partial charge in [-0.2, -0.15) is 5.43 Å². The summed E-state index contributed by atoms with van der Waals surface area (Å²) in [6.07, 6.45) is 0. The molecular formula is C19H15I2N5O2. The van der Waals surface area contributed by atoms with Gasteiger partial charge in [-0.25, -0.2) is 0 Å². The first-order chi connectivity index (χ1) is 13.1. The molecule has 0 bridgehead atoms. The average Bonchev–Trinajstić information content (AvgIpc) is 3.15. The Balaban J connectivity index is 0.00000225. The average molecular weight is 599 g/mol. The molecule has 0 unspecified atom stereocenters. The monoisotopic (exact) mass is 599 g/mol. The van der Waals surface area contributed by atoms with E-state index in [2.05, 4.69) is 22.6 Å². The van der Waals surface area contributed by atoms with Crippen LogP contribution in [0.25, 0.3) is 0 Å². The molecule has 9 heteroatoms. The van der Waals surface area contributed by atoms with Crippen LogP contribution < -0.4 is 39.6 Å². The number of nitrogens with two attached hydrogens (primary N) is 1.